The largest absolute Gasteiger partial charge is 0.493 e. The standard InChI is InChI=1S/C19H30N2O3/c1-18(2,3)15-8-7-14(20)9-16(15)23-12-13-10-21(11-13)17(22)24-19(4,5)6/h7-9,13H,10-12,20H2,1-6H3. The maximum Gasteiger partial charge on any atom is 0.410 e. The molecule has 0 radical (unpaired) electrons. The number of carbonyl (C=O) groups is 1. The molecule has 1 aliphatic heterocycles. The van der Waals surface area contributed by atoms with Gasteiger partial charge in [-0.3, -0.25) is 0 Å². The molecule has 1 aliphatic rings. The summed E-state index contributed by atoms with van der Waals surface area (Å²) in [4.78, 5) is 13.6. The molecule has 1 heterocycles. The average molecular weight is 334 g/mol. The Hall–Kier alpha value is -1.91. The first-order valence-corrected chi connectivity index (χ1v) is 8.46. The van der Waals surface area contributed by atoms with Crippen LogP contribution in [0.2, 0.25) is 0 Å². The van der Waals surface area contributed by atoms with Gasteiger partial charge in [-0.25, -0.2) is 4.79 Å². The van der Waals surface area contributed by atoms with Crippen LogP contribution < -0.4 is 10.5 Å². The molecule has 24 heavy (non-hydrogen) atoms. The molecule has 1 fully saturated rings. The number of ether oxygens (including phenoxy) is 2. The Balaban J connectivity index is 1.88. The smallest absolute Gasteiger partial charge is 0.410 e. The van der Waals surface area contributed by atoms with Gasteiger partial charge in [0.15, 0.2) is 0 Å². The van der Waals surface area contributed by atoms with Crippen LogP contribution in [0.4, 0.5) is 10.5 Å². The summed E-state index contributed by atoms with van der Waals surface area (Å²) >= 11 is 0. The average Bonchev–Trinajstić information content (AvgIpc) is 2.32. The molecule has 134 valence electrons. The minimum absolute atomic E-state index is 0.00873. The summed E-state index contributed by atoms with van der Waals surface area (Å²) in [5.41, 5.74) is 7.26. The number of nitrogen functional groups attached to an aromatic ring is 1. The highest BCUT2D eigenvalue weighted by Crippen LogP contribution is 2.33. The minimum atomic E-state index is -0.457. The van der Waals surface area contributed by atoms with Gasteiger partial charge in [-0.2, -0.15) is 0 Å². The number of carbonyl (C=O) groups excluding carboxylic acids is 1. The van der Waals surface area contributed by atoms with Crippen LogP contribution in [0.5, 0.6) is 5.75 Å². The Labute approximate surface area is 145 Å². The third-order valence-corrected chi connectivity index (χ3v) is 3.90. The van der Waals surface area contributed by atoms with Crippen molar-refractivity contribution in [1.29, 1.82) is 0 Å². The second kappa shape index (κ2) is 6.54. The van der Waals surface area contributed by atoms with E-state index in [2.05, 4.69) is 20.8 Å². The van der Waals surface area contributed by atoms with E-state index in [0.29, 0.717) is 31.3 Å². The number of rotatable bonds is 3. The monoisotopic (exact) mass is 334 g/mol. The van der Waals surface area contributed by atoms with Crippen LogP contribution in [0.3, 0.4) is 0 Å². The van der Waals surface area contributed by atoms with Gasteiger partial charge < -0.3 is 20.1 Å². The van der Waals surface area contributed by atoms with Crippen molar-refractivity contribution in [3.8, 4) is 5.75 Å². The van der Waals surface area contributed by atoms with Crippen LogP contribution in [-0.2, 0) is 10.2 Å². The van der Waals surface area contributed by atoms with Crippen LogP contribution in [0.1, 0.15) is 47.1 Å². The summed E-state index contributed by atoms with van der Waals surface area (Å²) < 4.78 is 11.4. The van der Waals surface area contributed by atoms with Gasteiger partial charge in [0.1, 0.15) is 11.4 Å². The number of hydrogen-bond acceptors (Lipinski definition) is 4. The number of benzene rings is 1. The maximum atomic E-state index is 11.9. The molecule has 0 bridgehead atoms. The summed E-state index contributed by atoms with van der Waals surface area (Å²) in [6.07, 6.45) is -0.252. The van der Waals surface area contributed by atoms with Gasteiger partial charge in [-0.15, -0.1) is 0 Å². The molecular weight excluding hydrogens is 304 g/mol. The van der Waals surface area contributed by atoms with E-state index in [1.54, 1.807) is 4.90 Å². The Morgan fingerprint density at radius 1 is 1.21 bits per heavy atom. The van der Waals surface area contributed by atoms with Crippen molar-refractivity contribution >= 4 is 11.8 Å². The fraction of sp³-hybridized carbons (Fsp3) is 0.632. The van der Waals surface area contributed by atoms with E-state index in [0.717, 1.165) is 11.3 Å². The highest BCUT2D eigenvalue weighted by molar-refractivity contribution is 5.69. The second-order valence-electron chi connectivity index (χ2n) is 8.57. The maximum absolute atomic E-state index is 11.9. The molecule has 0 aliphatic carbocycles. The van der Waals surface area contributed by atoms with Gasteiger partial charge in [0.25, 0.3) is 0 Å². The van der Waals surface area contributed by atoms with E-state index in [1.165, 1.54) is 0 Å². The molecule has 1 saturated heterocycles. The lowest BCUT2D eigenvalue weighted by Crippen LogP contribution is -2.53. The molecule has 0 spiro atoms. The minimum Gasteiger partial charge on any atom is -0.493 e. The summed E-state index contributed by atoms with van der Waals surface area (Å²) in [5.74, 6) is 1.16. The Kier molecular flexibility index (Phi) is 5.02. The Morgan fingerprint density at radius 3 is 2.38 bits per heavy atom. The van der Waals surface area contributed by atoms with E-state index >= 15 is 0 Å². The zero-order chi connectivity index (χ0) is 18.1. The predicted molar refractivity (Wildman–Crippen MR) is 96.3 cm³/mol. The molecule has 2 N–H and O–H groups in total. The van der Waals surface area contributed by atoms with Crippen molar-refractivity contribution < 1.29 is 14.3 Å². The normalized spacial score (nSPS) is 15.8. The van der Waals surface area contributed by atoms with Gasteiger partial charge in [0.05, 0.1) is 6.61 Å². The van der Waals surface area contributed by atoms with Gasteiger partial charge in [0.2, 0.25) is 0 Å². The third kappa shape index (κ3) is 4.79. The van der Waals surface area contributed by atoms with Crippen LogP contribution in [0.25, 0.3) is 0 Å². The first-order valence-electron chi connectivity index (χ1n) is 8.46. The number of amides is 1. The summed E-state index contributed by atoms with van der Waals surface area (Å²) in [7, 11) is 0. The lowest BCUT2D eigenvalue weighted by Gasteiger charge is -2.39. The van der Waals surface area contributed by atoms with Gasteiger partial charge in [0, 0.05) is 30.8 Å². The van der Waals surface area contributed by atoms with E-state index in [4.69, 9.17) is 15.2 Å². The first-order chi connectivity index (χ1) is 11.0. The zero-order valence-corrected chi connectivity index (χ0v) is 15.7. The van der Waals surface area contributed by atoms with Crippen molar-refractivity contribution in [3.63, 3.8) is 0 Å². The molecule has 5 heteroatoms. The van der Waals surface area contributed by atoms with Crippen molar-refractivity contribution in [2.24, 2.45) is 5.92 Å². The number of hydrogen-bond donors (Lipinski definition) is 1. The molecule has 2 rings (SSSR count). The van der Waals surface area contributed by atoms with Crippen LogP contribution >= 0.6 is 0 Å². The third-order valence-electron chi connectivity index (χ3n) is 3.90. The SMILES string of the molecule is CC(C)(C)OC(=O)N1CC(COc2cc(N)ccc2C(C)(C)C)C1. The van der Waals surface area contributed by atoms with Crippen molar-refractivity contribution in [2.45, 2.75) is 52.6 Å². The molecule has 1 amide bonds. The fourth-order valence-corrected chi connectivity index (χ4v) is 2.64. The predicted octanol–water partition coefficient (Wildman–Crippen LogP) is 3.81. The van der Waals surface area contributed by atoms with E-state index in [1.807, 2.05) is 39.0 Å². The van der Waals surface area contributed by atoms with Gasteiger partial charge >= 0.3 is 6.09 Å². The number of anilines is 1. The lowest BCUT2D eigenvalue weighted by molar-refractivity contribution is -0.00789. The van der Waals surface area contributed by atoms with E-state index < -0.39 is 5.60 Å². The van der Waals surface area contributed by atoms with Gasteiger partial charge in [-0.05, 0) is 37.8 Å². The molecular formula is C19H30N2O3. The highest BCUT2D eigenvalue weighted by atomic mass is 16.6. The van der Waals surface area contributed by atoms with E-state index in [9.17, 15) is 4.79 Å². The van der Waals surface area contributed by atoms with Crippen molar-refractivity contribution in [2.75, 3.05) is 25.4 Å². The van der Waals surface area contributed by atoms with Crippen LogP contribution in [-0.4, -0.2) is 36.3 Å². The van der Waals surface area contributed by atoms with Crippen molar-refractivity contribution in [3.05, 3.63) is 23.8 Å². The topological polar surface area (TPSA) is 64.8 Å². The van der Waals surface area contributed by atoms with E-state index in [-0.39, 0.29) is 11.5 Å². The molecule has 0 aromatic heterocycles. The zero-order valence-electron chi connectivity index (χ0n) is 15.7. The molecule has 0 atom stereocenters. The van der Waals surface area contributed by atoms with Crippen LogP contribution in [0.15, 0.2) is 18.2 Å². The lowest BCUT2D eigenvalue weighted by atomic mass is 9.86. The Morgan fingerprint density at radius 2 is 1.83 bits per heavy atom. The second-order valence-corrected chi connectivity index (χ2v) is 8.57. The van der Waals surface area contributed by atoms with Gasteiger partial charge in [-0.1, -0.05) is 26.8 Å². The molecule has 0 saturated carbocycles. The molecule has 1 aromatic rings. The number of nitrogens with two attached hydrogens (primary N) is 1. The van der Waals surface area contributed by atoms with Crippen molar-refractivity contribution in [1.82, 2.24) is 4.90 Å². The molecule has 5 nitrogen and oxygen atoms in total. The quantitative estimate of drug-likeness (QED) is 0.854. The number of likely N-dealkylation sites (tertiary alicyclic amines) is 1. The van der Waals surface area contributed by atoms with Crippen LogP contribution in [0, 0.1) is 5.92 Å². The first kappa shape index (κ1) is 18.4. The highest BCUT2D eigenvalue weighted by Gasteiger charge is 2.34. The Bertz CT molecular complexity index is 594. The molecule has 1 aromatic carbocycles. The molecule has 0 unspecified atom stereocenters. The summed E-state index contributed by atoms with van der Waals surface area (Å²) in [6, 6.07) is 5.81. The summed E-state index contributed by atoms with van der Waals surface area (Å²) in [5, 5.41) is 0. The fourth-order valence-electron chi connectivity index (χ4n) is 2.64. The summed E-state index contributed by atoms with van der Waals surface area (Å²) in [6.45, 7) is 14.0. The number of nitrogens with zero attached hydrogens (tertiary/aromatic N) is 1.